The Hall–Kier alpha value is -3.54. The summed E-state index contributed by atoms with van der Waals surface area (Å²) in [4.78, 5) is 34.4. The summed E-state index contributed by atoms with van der Waals surface area (Å²) >= 11 is 0. The second-order valence-corrected chi connectivity index (χ2v) is 19.4. The van der Waals surface area contributed by atoms with Crippen LogP contribution in [0, 0.1) is 16.7 Å². The monoisotopic (exact) mass is 729 g/mol. The molecule has 2 saturated carbocycles. The largest absolute Gasteiger partial charge is 0.443 e. The molecule has 2 bridgehead atoms. The highest BCUT2D eigenvalue weighted by Crippen LogP contribution is 2.67. The van der Waals surface area contributed by atoms with Gasteiger partial charge in [0.05, 0.1) is 29.9 Å². The Morgan fingerprint density at radius 2 is 1.71 bits per heavy atom. The molecule has 3 aliphatic carbocycles. The van der Waals surface area contributed by atoms with E-state index in [9.17, 15) is 18.0 Å². The topological polar surface area (TPSA) is 128 Å². The maximum Gasteiger partial charge on any atom is 0.417 e. The number of imide groups is 1. The Bertz CT molecular complexity index is 1910. The van der Waals surface area contributed by atoms with Gasteiger partial charge in [-0.15, -0.1) is 0 Å². The predicted molar refractivity (Wildman–Crippen MR) is 201 cm³/mol. The number of sulfonamides is 1. The molecule has 4 atom stereocenters. The zero-order valence-corrected chi connectivity index (χ0v) is 32.2. The van der Waals surface area contributed by atoms with E-state index in [0.717, 1.165) is 37.7 Å². The van der Waals surface area contributed by atoms with E-state index >= 15 is 0 Å². The number of fused-ring (bicyclic) bond motifs is 4. The minimum Gasteiger partial charge on any atom is -0.443 e. The van der Waals surface area contributed by atoms with Gasteiger partial charge in [0.15, 0.2) is 0 Å². The maximum atomic E-state index is 14.6. The van der Waals surface area contributed by atoms with Crippen molar-refractivity contribution in [2.24, 2.45) is 22.5 Å². The van der Waals surface area contributed by atoms with Crippen molar-refractivity contribution in [2.75, 3.05) is 18.8 Å². The van der Waals surface area contributed by atoms with Gasteiger partial charge in [-0.25, -0.2) is 27.4 Å². The Morgan fingerprint density at radius 1 is 1.02 bits per heavy atom. The summed E-state index contributed by atoms with van der Waals surface area (Å²) in [5, 5.41) is 0. The van der Waals surface area contributed by atoms with Gasteiger partial charge in [-0.3, -0.25) is 4.79 Å². The summed E-state index contributed by atoms with van der Waals surface area (Å²) in [5.74, 6) is -0.532. The predicted octanol–water partition coefficient (Wildman–Crippen LogP) is 6.07. The number of carbonyl (C=O) groups is 2. The molecule has 11 heteroatoms. The van der Waals surface area contributed by atoms with Crippen molar-refractivity contribution >= 4 is 22.0 Å². The van der Waals surface area contributed by atoms with Crippen molar-refractivity contribution < 1.29 is 22.7 Å². The number of carbonyl (C=O) groups excluding carboxylic acids is 2. The smallest absolute Gasteiger partial charge is 0.417 e. The SMILES string of the molecule is CC(C)(C)OC(=O)N(C(=O)[C@@H](N)Cc1cn(Cc2ccccc2)cn1)C1CC2CC[C@]1(CS(=O)(=O)N1CCC3(CCc4ccccc43)CC1)C2(C)C. The molecular weight excluding hydrogens is 675 g/mol. The highest BCUT2D eigenvalue weighted by atomic mass is 32.2. The summed E-state index contributed by atoms with van der Waals surface area (Å²) in [7, 11) is -3.75. The van der Waals surface area contributed by atoms with Crippen molar-refractivity contribution in [3.63, 3.8) is 0 Å². The lowest BCUT2D eigenvalue weighted by atomic mass is 9.68. The van der Waals surface area contributed by atoms with Crippen LogP contribution in [0.15, 0.2) is 67.1 Å². The molecular formula is C41H55N5O5S. The van der Waals surface area contributed by atoms with E-state index in [1.165, 1.54) is 16.0 Å². The Labute approximate surface area is 309 Å². The van der Waals surface area contributed by atoms with Crippen LogP contribution in [0.2, 0.25) is 0 Å². The third-order valence-corrected chi connectivity index (χ3v) is 15.2. The first-order valence-electron chi connectivity index (χ1n) is 19.0. The highest BCUT2D eigenvalue weighted by Gasteiger charge is 2.68. The van der Waals surface area contributed by atoms with Crippen molar-refractivity contribution in [2.45, 2.75) is 116 Å². The summed E-state index contributed by atoms with van der Waals surface area (Å²) < 4.78 is 38.7. The van der Waals surface area contributed by atoms with Crippen molar-refractivity contribution in [1.82, 2.24) is 18.8 Å². The molecule has 3 aromatic rings. The highest BCUT2D eigenvalue weighted by molar-refractivity contribution is 7.89. The molecule has 280 valence electrons. The molecule has 3 fully saturated rings. The summed E-state index contributed by atoms with van der Waals surface area (Å²) in [5.41, 5.74) is 9.05. The lowest BCUT2D eigenvalue weighted by Gasteiger charge is -2.47. The van der Waals surface area contributed by atoms with Crippen LogP contribution in [-0.4, -0.2) is 75.7 Å². The molecule has 2 N–H and O–H groups in total. The van der Waals surface area contributed by atoms with Crippen LogP contribution in [0.25, 0.3) is 0 Å². The molecule has 2 aromatic carbocycles. The van der Waals surface area contributed by atoms with E-state index in [0.29, 0.717) is 38.2 Å². The lowest BCUT2D eigenvalue weighted by molar-refractivity contribution is -0.137. The molecule has 2 unspecified atom stereocenters. The Balaban J connectivity index is 1.13. The minimum atomic E-state index is -3.75. The van der Waals surface area contributed by atoms with Crippen LogP contribution in [0.5, 0.6) is 0 Å². The number of nitrogens with two attached hydrogens (primary N) is 1. The average Bonchev–Trinajstić information content (AvgIpc) is 3.79. The Kier molecular flexibility index (Phi) is 9.48. The number of ether oxygens (including phenoxy) is 1. The van der Waals surface area contributed by atoms with E-state index in [4.69, 9.17) is 10.5 Å². The zero-order valence-electron chi connectivity index (χ0n) is 31.4. The molecule has 1 aliphatic heterocycles. The number of imidazole rings is 1. The molecule has 2 amide bonds. The normalized spacial score (nSPS) is 25.6. The number of hydrogen-bond donors (Lipinski definition) is 1. The number of piperidine rings is 1. The van der Waals surface area contributed by atoms with Gasteiger partial charge < -0.3 is 15.0 Å². The third-order valence-electron chi connectivity index (χ3n) is 13.1. The molecule has 1 saturated heterocycles. The molecule has 0 radical (unpaired) electrons. The minimum absolute atomic E-state index is 0.0297. The molecule has 10 nitrogen and oxygen atoms in total. The van der Waals surface area contributed by atoms with Gasteiger partial charge in [-0.1, -0.05) is 68.4 Å². The summed E-state index contributed by atoms with van der Waals surface area (Å²) in [6.07, 6.45) is 8.61. The van der Waals surface area contributed by atoms with Crippen LogP contribution < -0.4 is 5.73 Å². The second-order valence-electron chi connectivity index (χ2n) is 17.5. The van der Waals surface area contributed by atoms with E-state index < -0.39 is 50.5 Å². The molecule has 7 rings (SSSR count). The fourth-order valence-corrected chi connectivity index (χ4v) is 12.5. The average molecular weight is 730 g/mol. The van der Waals surface area contributed by atoms with Gasteiger partial charge in [-0.2, -0.15) is 0 Å². The van der Waals surface area contributed by atoms with Gasteiger partial charge in [0.1, 0.15) is 5.60 Å². The molecule has 1 spiro atoms. The van der Waals surface area contributed by atoms with Crippen LogP contribution >= 0.6 is 0 Å². The van der Waals surface area contributed by atoms with Gasteiger partial charge in [0, 0.05) is 37.7 Å². The Morgan fingerprint density at radius 3 is 2.40 bits per heavy atom. The van der Waals surface area contributed by atoms with Crippen molar-refractivity contribution in [3.8, 4) is 0 Å². The number of benzene rings is 2. The molecule has 1 aromatic heterocycles. The number of nitrogens with zero attached hydrogens (tertiary/aromatic N) is 4. The quantitative estimate of drug-likeness (QED) is 0.283. The summed E-state index contributed by atoms with van der Waals surface area (Å²) in [6, 6.07) is 16.9. The standard InChI is InChI=1S/C41H55N5O5S/c1-38(2,3)51-37(48)46(36(47)34(42)24-32-26-44(28-43-32)25-29-11-7-6-8-12-29)35-23-31-16-18-41(35,39(31,4)5)27-52(49,50)45-21-19-40(20-22-45)17-15-30-13-9-10-14-33(30)40/h6-14,26,28,31,34-35H,15-25,27,42H2,1-5H3/t31?,34-,35?,41+/m0/s1. The number of aryl methyl sites for hydroxylation is 1. The van der Waals surface area contributed by atoms with Crippen molar-refractivity contribution in [1.29, 1.82) is 0 Å². The molecule has 4 aliphatic rings. The van der Waals surface area contributed by atoms with Crippen LogP contribution in [0.1, 0.15) is 95.5 Å². The van der Waals surface area contributed by atoms with Crippen molar-refractivity contribution in [3.05, 3.63) is 89.5 Å². The van der Waals surface area contributed by atoms with Gasteiger partial charge >= 0.3 is 6.09 Å². The molecule has 2 heterocycles. The van der Waals surface area contributed by atoms with E-state index in [-0.39, 0.29) is 23.5 Å². The number of aromatic nitrogens is 2. The van der Waals surface area contributed by atoms with Gasteiger partial charge in [-0.05, 0) is 99.2 Å². The van der Waals surface area contributed by atoms with Crippen LogP contribution in [-0.2, 0) is 44.4 Å². The number of hydrogen-bond acceptors (Lipinski definition) is 7. The number of amides is 2. The molecule has 52 heavy (non-hydrogen) atoms. The third kappa shape index (κ3) is 6.62. The first-order chi connectivity index (χ1) is 24.5. The van der Waals surface area contributed by atoms with Gasteiger partial charge in [0.25, 0.3) is 0 Å². The van der Waals surface area contributed by atoms with E-state index in [2.05, 4.69) is 43.1 Å². The second kappa shape index (κ2) is 13.4. The lowest BCUT2D eigenvalue weighted by Crippen LogP contribution is -2.61. The first kappa shape index (κ1) is 36.8. The van der Waals surface area contributed by atoms with Crippen LogP contribution in [0.3, 0.4) is 0 Å². The van der Waals surface area contributed by atoms with Crippen LogP contribution in [0.4, 0.5) is 4.79 Å². The fourth-order valence-electron chi connectivity index (χ4n) is 10.2. The number of rotatable bonds is 9. The van der Waals surface area contributed by atoms with Gasteiger partial charge in [0.2, 0.25) is 15.9 Å². The first-order valence-corrected chi connectivity index (χ1v) is 20.6. The zero-order chi connectivity index (χ0) is 37.1. The van der Waals surface area contributed by atoms with E-state index in [1.807, 2.05) is 41.1 Å². The summed E-state index contributed by atoms with van der Waals surface area (Å²) in [6.45, 7) is 11.1. The van der Waals surface area contributed by atoms with E-state index in [1.54, 1.807) is 31.4 Å². The fraction of sp³-hybridized carbons (Fsp3) is 0.585. The maximum absolute atomic E-state index is 14.6.